The number of hydrogen-bond donors (Lipinski definition) is 1. The first-order valence-electron chi connectivity index (χ1n) is 11.4. The van der Waals surface area contributed by atoms with Gasteiger partial charge in [0.05, 0.1) is 17.0 Å². The summed E-state index contributed by atoms with van der Waals surface area (Å²) >= 11 is 0. The second kappa shape index (κ2) is 10.3. The maximum atomic E-state index is 12.7. The molecule has 2 aliphatic rings. The molecule has 0 atom stereocenters. The normalized spacial score (nSPS) is 17.7. The summed E-state index contributed by atoms with van der Waals surface area (Å²) in [7, 11) is -7.45. The van der Waals surface area contributed by atoms with Crippen LogP contribution in [0.25, 0.3) is 0 Å². The molecule has 12 heteroatoms. The van der Waals surface area contributed by atoms with Crippen molar-refractivity contribution in [3.8, 4) is 5.75 Å². The number of benzene rings is 2. The van der Waals surface area contributed by atoms with Crippen LogP contribution in [-0.4, -0.2) is 70.0 Å². The molecule has 0 spiro atoms. The van der Waals surface area contributed by atoms with Crippen LogP contribution in [0.5, 0.6) is 5.75 Å². The number of amides is 2. The Morgan fingerprint density at radius 1 is 1.00 bits per heavy atom. The molecular formula is C23H27N3O7S2. The number of nitrogens with zero attached hydrogens (tertiary/aromatic N) is 2. The Bertz CT molecular complexity index is 1300. The van der Waals surface area contributed by atoms with E-state index in [4.69, 9.17) is 4.74 Å². The lowest BCUT2D eigenvalue weighted by Crippen LogP contribution is -2.35. The summed E-state index contributed by atoms with van der Waals surface area (Å²) in [5.41, 5.74) is 0.107. The van der Waals surface area contributed by atoms with Gasteiger partial charge in [0, 0.05) is 26.1 Å². The maximum absolute atomic E-state index is 12.7. The third-order valence-electron chi connectivity index (χ3n) is 5.92. The second-order valence-electron chi connectivity index (χ2n) is 8.26. The van der Waals surface area contributed by atoms with E-state index in [-0.39, 0.29) is 41.5 Å². The zero-order valence-corrected chi connectivity index (χ0v) is 20.7. The minimum absolute atomic E-state index is 0.0476. The van der Waals surface area contributed by atoms with Gasteiger partial charge < -0.3 is 10.1 Å². The molecule has 35 heavy (non-hydrogen) atoms. The number of sulfonamides is 2. The third kappa shape index (κ3) is 5.34. The van der Waals surface area contributed by atoms with E-state index in [0.29, 0.717) is 23.1 Å². The number of fused-ring (bicyclic) bond motifs is 1. The molecule has 0 bridgehead atoms. The van der Waals surface area contributed by atoms with Gasteiger partial charge in [-0.05, 0) is 49.2 Å². The van der Waals surface area contributed by atoms with Gasteiger partial charge in [0.15, 0.2) is 0 Å². The second-order valence-corrected chi connectivity index (χ2v) is 12.0. The molecule has 10 nitrogen and oxygen atoms in total. The lowest BCUT2D eigenvalue weighted by molar-refractivity contribution is -0.121. The van der Waals surface area contributed by atoms with Crippen LogP contribution < -0.4 is 10.1 Å². The fraction of sp³-hybridized carbons (Fsp3) is 0.391. The number of carbonyl (C=O) groups is 2. The molecule has 2 aromatic rings. The van der Waals surface area contributed by atoms with Gasteiger partial charge in [-0.1, -0.05) is 18.6 Å². The van der Waals surface area contributed by atoms with Crippen LogP contribution in [0.15, 0.2) is 58.3 Å². The number of hydrogen-bond acceptors (Lipinski definition) is 7. The Morgan fingerprint density at radius 2 is 1.69 bits per heavy atom. The first-order valence-corrected chi connectivity index (χ1v) is 14.2. The predicted molar refractivity (Wildman–Crippen MR) is 127 cm³/mol. The molecule has 2 aromatic carbocycles. The van der Waals surface area contributed by atoms with Crippen molar-refractivity contribution in [2.45, 2.75) is 35.5 Å². The Kier molecular flexibility index (Phi) is 7.43. The molecule has 0 unspecified atom stereocenters. The maximum Gasteiger partial charge on any atom is 0.269 e. The average molecular weight is 522 g/mol. The van der Waals surface area contributed by atoms with Crippen molar-refractivity contribution in [2.75, 3.05) is 32.8 Å². The Labute approximate surface area is 205 Å². The molecule has 1 N–H and O–H groups in total. The summed E-state index contributed by atoms with van der Waals surface area (Å²) in [4.78, 5) is 24.7. The molecular weight excluding hydrogens is 494 g/mol. The number of carbonyl (C=O) groups excluding carboxylic acids is 2. The summed E-state index contributed by atoms with van der Waals surface area (Å²) in [6.07, 6.45) is 2.59. The highest BCUT2D eigenvalue weighted by Gasteiger charge is 2.40. The molecule has 2 amide bonds. The molecule has 1 fully saturated rings. The lowest BCUT2D eigenvalue weighted by Gasteiger charge is -2.25. The van der Waals surface area contributed by atoms with E-state index in [2.05, 4.69) is 5.32 Å². The van der Waals surface area contributed by atoms with Gasteiger partial charge in [0.25, 0.3) is 15.9 Å². The Hall–Kier alpha value is -2.96. The van der Waals surface area contributed by atoms with E-state index in [1.54, 1.807) is 24.3 Å². The monoisotopic (exact) mass is 521 g/mol. The molecule has 0 aromatic heterocycles. The van der Waals surface area contributed by atoms with Crippen molar-refractivity contribution >= 4 is 31.9 Å². The van der Waals surface area contributed by atoms with Crippen molar-refractivity contribution in [3.63, 3.8) is 0 Å². The Morgan fingerprint density at radius 3 is 2.37 bits per heavy atom. The van der Waals surface area contributed by atoms with Gasteiger partial charge >= 0.3 is 0 Å². The van der Waals surface area contributed by atoms with Crippen molar-refractivity contribution < 1.29 is 31.2 Å². The van der Waals surface area contributed by atoms with E-state index < -0.39 is 31.9 Å². The summed E-state index contributed by atoms with van der Waals surface area (Å²) in [6.45, 7) is 1.11. The van der Waals surface area contributed by atoms with E-state index in [9.17, 15) is 26.4 Å². The van der Waals surface area contributed by atoms with Crippen LogP contribution in [0.3, 0.4) is 0 Å². The fourth-order valence-corrected chi connectivity index (χ4v) is 7.15. The highest BCUT2D eigenvalue weighted by Crippen LogP contribution is 2.29. The minimum atomic E-state index is -3.94. The van der Waals surface area contributed by atoms with Gasteiger partial charge in [-0.2, -0.15) is 4.31 Å². The largest absolute Gasteiger partial charge is 0.492 e. The van der Waals surface area contributed by atoms with Gasteiger partial charge in [-0.3, -0.25) is 9.59 Å². The highest BCUT2D eigenvalue weighted by molar-refractivity contribution is 7.90. The van der Waals surface area contributed by atoms with E-state index in [1.807, 2.05) is 0 Å². The van der Waals surface area contributed by atoms with Crippen LogP contribution >= 0.6 is 0 Å². The van der Waals surface area contributed by atoms with Crippen LogP contribution in [0.4, 0.5) is 0 Å². The topological polar surface area (TPSA) is 130 Å². The molecule has 0 radical (unpaired) electrons. The standard InChI is InChI=1S/C23H27N3O7S2/c27-22(12-16-26-23(28)20-6-2-3-7-21(20)35(26,31)32)24-13-17-33-18-8-10-19(11-9-18)34(29,30)25-14-4-1-5-15-25/h2-3,6-11H,1,4-5,12-17H2,(H,24,27). The molecule has 4 rings (SSSR count). The van der Waals surface area contributed by atoms with E-state index in [0.717, 1.165) is 19.3 Å². The van der Waals surface area contributed by atoms with Crippen molar-refractivity contribution in [1.82, 2.24) is 13.9 Å². The molecule has 0 aliphatic carbocycles. The Balaban J connectivity index is 1.21. The molecule has 2 heterocycles. The van der Waals surface area contributed by atoms with Gasteiger partial charge in [-0.15, -0.1) is 0 Å². The lowest BCUT2D eigenvalue weighted by atomic mass is 10.2. The molecule has 188 valence electrons. The number of ether oxygens (including phenoxy) is 1. The van der Waals surface area contributed by atoms with Crippen LogP contribution in [-0.2, 0) is 24.8 Å². The van der Waals surface area contributed by atoms with Crippen LogP contribution in [0.2, 0.25) is 0 Å². The van der Waals surface area contributed by atoms with E-state index in [1.165, 1.54) is 28.6 Å². The predicted octanol–water partition coefficient (Wildman–Crippen LogP) is 1.59. The zero-order chi connectivity index (χ0) is 25.1. The molecule has 2 aliphatic heterocycles. The van der Waals surface area contributed by atoms with Gasteiger partial charge in [0.2, 0.25) is 15.9 Å². The first kappa shape index (κ1) is 25.1. The van der Waals surface area contributed by atoms with Gasteiger partial charge in [0.1, 0.15) is 17.3 Å². The van der Waals surface area contributed by atoms with Crippen molar-refractivity contribution in [3.05, 3.63) is 54.1 Å². The van der Waals surface area contributed by atoms with Crippen LogP contribution in [0, 0.1) is 0 Å². The third-order valence-corrected chi connectivity index (χ3v) is 9.68. The molecule has 0 saturated carbocycles. The number of piperidine rings is 1. The number of rotatable bonds is 9. The summed E-state index contributed by atoms with van der Waals surface area (Å²) in [5.74, 6) is -0.596. The van der Waals surface area contributed by atoms with Gasteiger partial charge in [-0.25, -0.2) is 21.1 Å². The minimum Gasteiger partial charge on any atom is -0.492 e. The fourth-order valence-electron chi connectivity index (χ4n) is 4.07. The number of nitrogens with one attached hydrogen (secondary N) is 1. The van der Waals surface area contributed by atoms with Crippen LogP contribution in [0.1, 0.15) is 36.0 Å². The average Bonchev–Trinajstić information content (AvgIpc) is 3.06. The smallest absolute Gasteiger partial charge is 0.269 e. The summed E-state index contributed by atoms with van der Waals surface area (Å²) in [5, 5.41) is 2.62. The zero-order valence-electron chi connectivity index (χ0n) is 19.1. The highest BCUT2D eigenvalue weighted by atomic mass is 32.2. The molecule has 1 saturated heterocycles. The van der Waals surface area contributed by atoms with E-state index >= 15 is 0 Å². The summed E-state index contributed by atoms with van der Waals surface area (Å²) < 4.78 is 58.2. The first-order chi connectivity index (χ1) is 16.7. The van der Waals surface area contributed by atoms with Crippen molar-refractivity contribution in [1.29, 1.82) is 0 Å². The van der Waals surface area contributed by atoms with Crippen molar-refractivity contribution in [2.24, 2.45) is 0 Å². The summed E-state index contributed by atoms with van der Waals surface area (Å²) in [6, 6.07) is 12.1. The quantitative estimate of drug-likeness (QED) is 0.496. The SMILES string of the molecule is O=C(CCN1C(=O)c2ccccc2S1(=O)=O)NCCOc1ccc(S(=O)(=O)N2CCCCC2)cc1.